The largest absolute Gasteiger partial charge is 0.416 e. The van der Waals surface area contributed by atoms with E-state index in [4.69, 9.17) is 5.73 Å². The second-order valence-corrected chi connectivity index (χ2v) is 3.60. The molecular weight excluding hydrogens is 248 g/mol. The zero-order chi connectivity index (χ0) is 13.4. The van der Waals surface area contributed by atoms with Crippen LogP contribution in [0.3, 0.4) is 0 Å². The van der Waals surface area contributed by atoms with E-state index in [0.717, 1.165) is 13.0 Å². The summed E-state index contributed by atoms with van der Waals surface area (Å²) < 4.78 is 73.9. The predicted octanol–water partition coefficient (Wildman–Crippen LogP) is 3.95. The van der Waals surface area contributed by atoms with Crippen molar-refractivity contribution in [3.05, 3.63) is 29.3 Å². The van der Waals surface area contributed by atoms with Crippen LogP contribution in [0.1, 0.15) is 24.0 Å². The number of nitrogens with two attached hydrogens (primary N) is 1. The number of hydrogen-bond donors (Lipinski definition) is 1. The third-order valence-electron chi connectivity index (χ3n) is 2.37. The molecule has 0 spiro atoms. The average Bonchev–Trinajstić information content (AvgIpc) is 2.13. The highest BCUT2D eigenvalue weighted by atomic mass is 19.4. The third-order valence-corrected chi connectivity index (χ3v) is 2.37. The highest BCUT2D eigenvalue weighted by Gasteiger charge is 2.39. The van der Waals surface area contributed by atoms with Crippen molar-refractivity contribution < 1.29 is 26.3 Å². The van der Waals surface area contributed by atoms with Crippen LogP contribution in [0, 0.1) is 0 Å². The first-order valence-corrected chi connectivity index (χ1v) is 4.57. The first-order chi connectivity index (χ1) is 7.53. The minimum atomic E-state index is -4.62. The van der Waals surface area contributed by atoms with Crippen molar-refractivity contribution in [1.82, 2.24) is 0 Å². The summed E-state index contributed by atoms with van der Waals surface area (Å²) in [6.07, 6.45) is -9.15. The molecule has 0 fully saturated rings. The fourth-order valence-corrected chi connectivity index (χ4v) is 1.32. The van der Waals surface area contributed by atoms with E-state index in [1.807, 2.05) is 0 Å². The van der Waals surface area contributed by atoms with Gasteiger partial charge >= 0.3 is 12.4 Å². The number of alkyl halides is 6. The average molecular weight is 257 g/mol. The molecule has 0 amide bonds. The summed E-state index contributed by atoms with van der Waals surface area (Å²) in [7, 11) is 0. The van der Waals surface area contributed by atoms with Gasteiger partial charge in [-0.2, -0.15) is 26.3 Å². The molecule has 0 aliphatic rings. The van der Waals surface area contributed by atoms with E-state index in [1.165, 1.54) is 0 Å². The topological polar surface area (TPSA) is 26.0 Å². The quantitative estimate of drug-likeness (QED) is 0.598. The van der Waals surface area contributed by atoms with Gasteiger partial charge in [-0.15, -0.1) is 0 Å². The first kappa shape index (κ1) is 13.7. The summed E-state index contributed by atoms with van der Waals surface area (Å²) in [4.78, 5) is 0. The molecule has 1 unspecified atom stereocenters. The molecular formula is C10H9F6N. The molecule has 0 radical (unpaired) electrons. The Morgan fingerprint density at radius 2 is 1.59 bits per heavy atom. The Morgan fingerprint density at radius 3 is 1.94 bits per heavy atom. The standard InChI is InChI=1S/C10H9F6N/c1-5(9(11,12)13)7-3-2-6(4-8(7)17)10(14,15)16/h2-5H,17H2,1H3. The van der Waals surface area contributed by atoms with Crippen molar-refractivity contribution in [2.75, 3.05) is 5.73 Å². The molecule has 1 aromatic carbocycles. The lowest BCUT2D eigenvalue weighted by Crippen LogP contribution is -2.19. The summed E-state index contributed by atoms with van der Waals surface area (Å²) in [5.74, 6) is -1.90. The highest BCUT2D eigenvalue weighted by Crippen LogP contribution is 2.39. The molecule has 0 aliphatic heterocycles. The molecule has 0 bridgehead atoms. The zero-order valence-corrected chi connectivity index (χ0v) is 8.65. The molecule has 1 nitrogen and oxygen atoms in total. The molecule has 1 atom stereocenters. The van der Waals surface area contributed by atoms with Crippen LogP contribution in [0.4, 0.5) is 32.0 Å². The van der Waals surface area contributed by atoms with Crippen molar-refractivity contribution in [2.45, 2.75) is 25.2 Å². The monoisotopic (exact) mass is 257 g/mol. The van der Waals surface area contributed by atoms with Crippen molar-refractivity contribution in [3.8, 4) is 0 Å². The van der Waals surface area contributed by atoms with Crippen molar-refractivity contribution >= 4 is 5.69 Å². The van der Waals surface area contributed by atoms with Crippen LogP contribution in [-0.2, 0) is 6.18 Å². The van der Waals surface area contributed by atoms with Gasteiger partial charge in [-0.25, -0.2) is 0 Å². The Balaban J connectivity index is 3.15. The second-order valence-electron chi connectivity index (χ2n) is 3.60. The van der Waals surface area contributed by atoms with Gasteiger partial charge in [0.25, 0.3) is 0 Å². The summed E-state index contributed by atoms with van der Waals surface area (Å²) >= 11 is 0. The SMILES string of the molecule is CC(c1ccc(C(F)(F)F)cc1N)C(F)(F)F. The molecule has 0 aliphatic carbocycles. The van der Waals surface area contributed by atoms with Gasteiger partial charge < -0.3 is 5.73 Å². The first-order valence-electron chi connectivity index (χ1n) is 4.57. The molecule has 0 saturated carbocycles. The number of nitrogen functional groups attached to an aromatic ring is 1. The Hall–Kier alpha value is -1.40. The van der Waals surface area contributed by atoms with Gasteiger partial charge in [-0.1, -0.05) is 6.07 Å². The predicted molar refractivity (Wildman–Crippen MR) is 50.3 cm³/mol. The lowest BCUT2D eigenvalue weighted by molar-refractivity contribution is -0.146. The number of halogens is 6. The summed E-state index contributed by atoms with van der Waals surface area (Å²) in [6, 6.07) is 1.86. The van der Waals surface area contributed by atoms with Crippen molar-refractivity contribution in [2.24, 2.45) is 0 Å². The normalized spacial score (nSPS) is 14.8. The summed E-state index contributed by atoms with van der Waals surface area (Å²) in [6.45, 7) is 0.846. The fourth-order valence-electron chi connectivity index (χ4n) is 1.32. The Bertz CT molecular complexity index is 406. The van der Waals surface area contributed by atoms with E-state index < -0.39 is 29.5 Å². The van der Waals surface area contributed by atoms with Crippen molar-refractivity contribution in [3.63, 3.8) is 0 Å². The van der Waals surface area contributed by atoms with Gasteiger partial charge in [-0.05, 0) is 24.6 Å². The van der Waals surface area contributed by atoms with Gasteiger partial charge in [0.2, 0.25) is 0 Å². The number of rotatable bonds is 1. The molecule has 2 N–H and O–H groups in total. The van der Waals surface area contributed by atoms with Gasteiger partial charge in [0, 0.05) is 5.69 Å². The van der Waals surface area contributed by atoms with Gasteiger partial charge in [0.1, 0.15) is 0 Å². The molecule has 0 saturated heterocycles. The molecule has 1 rings (SSSR count). The summed E-state index contributed by atoms with van der Waals surface area (Å²) in [5, 5.41) is 0. The zero-order valence-electron chi connectivity index (χ0n) is 8.65. The maximum absolute atomic E-state index is 12.4. The van der Waals surface area contributed by atoms with Crippen LogP contribution >= 0.6 is 0 Å². The minimum Gasteiger partial charge on any atom is -0.398 e. The fraction of sp³-hybridized carbons (Fsp3) is 0.400. The molecule has 1 aromatic rings. The van der Waals surface area contributed by atoms with Crippen molar-refractivity contribution in [1.29, 1.82) is 0 Å². The van der Waals surface area contributed by atoms with E-state index in [-0.39, 0.29) is 5.56 Å². The molecule has 96 valence electrons. The maximum Gasteiger partial charge on any atom is 0.416 e. The van der Waals surface area contributed by atoms with Gasteiger partial charge in [0.05, 0.1) is 11.5 Å². The maximum atomic E-state index is 12.4. The Kier molecular flexibility index (Phi) is 3.31. The van der Waals surface area contributed by atoms with E-state index in [2.05, 4.69) is 0 Å². The molecule has 17 heavy (non-hydrogen) atoms. The van der Waals surface area contributed by atoms with Crippen LogP contribution in [0.15, 0.2) is 18.2 Å². The number of anilines is 1. The second kappa shape index (κ2) is 4.12. The lowest BCUT2D eigenvalue weighted by atomic mass is 9.97. The molecule has 0 heterocycles. The van der Waals surface area contributed by atoms with E-state index in [0.29, 0.717) is 12.1 Å². The van der Waals surface area contributed by atoms with Crippen LogP contribution in [0.5, 0.6) is 0 Å². The van der Waals surface area contributed by atoms with Crippen LogP contribution in [0.2, 0.25) is 0 Å². The van der Waals surface area contributed by atoms with Crippen LogP contribution in [-0.4, -0.2) is 6.18 Å². The van der Waals surface area contributed by atoms with E-state index >= 15 is 0 Å². The minimum absolute atomic E-state index is 0.356. The van der Waals surface area contributed by atoms with E-state index in [1.54, 1.807) is 0 Å². The van der Waals surface area contributed by atoms with Crippen LogP contribution < -0.4 is 5.73 Å². The number of hydrogen-bond acceptors (Lipinski definition) is 1. The highest BCUT2D eigenvalue weighted by molar-refractivity contribution is 5.51. The third kappa shape index (κ3) is 3.04. The smallest absolute Gasteiger partial charge is 0.398 e. The van der Waals surface area contributed by atoms with Crippen LogP contribution in [0.25, 0.3) is 0 Å². The Labute approximate surface area is 93.2 Å². The Morgan fingerprint density at radius 1 is 1.06 bits per heavy atom. The van der Waals surface area contributed by atoms with E-state index in [9.17, 15) is 26.3 Å². The molecule has 7 heteroatoms. The van der Waals surface area contributed by atoms with Gasteiger partial charge in [0.15, 0.2) is 0 Å². The lowest BCUT2D eigenvalue weighted by Gasteiger charge is -2.18. The number of benzene rings is 1. The van der Waals surface area contributed by atoms with Gasteiger partial charge in [-0.3, -0.25) is 0 Å². The summed E-state index contributed by atoms with van der Waals surface area (Å²) in [5.41, 5.74) is 3.29. The molecule has 0 aromatic heterocycles.